The lowest BCUT2D eigenvalue weighted by atomic mass is 9.96. The van der Waals surface area contributed by atoms with Crippen LogP contribution in [0.3, 0.4) is 0 Å². The van der Waals surface area contributed by atoms with Crippen molar-refractivity contribution in [2.24, 2.45) is 0 Å². The van der Waals surface area contributed by atoms with E-state index in [0.29, 0.717) is 109 Å². The van der Waals surface area contributed by atoms with Gasteiger partial charge in [-0.1, -0.05) is 42.5 Å². The monoisotopic (exact) mass is 687 g/mol. The summed E-state index contributed by atoms with van der Waals surface area (Å²) in [7, 11) is 1.62. The van der Waals surface area contributed by atoms with E-state index < -0.39 is 0 Å². The molecule has 12 nitrogen and oxygen atoms in total. The van der Waals surface area contributed by atoms with Gasteiger partial charge in [0, 0.05) is 43.5 Å². The Kier molecular flexibility index (Phi) is 14.6. The summed E-state index contributed by atoms with van der Waals surface area (Å²) in [6.45, 7) is 9.57. The summed E-state index contributed by atoms with van der Waals surface area (Å²) < 4.78 is 34.3. The van der Waals surface area contributed by atoms with Crippen molar-refractivity contribution in [2.45, 2.75) is 32.9 Å². The third-order valence-corrected chi connectivity index (χ3v) is 8.17. The molecule has 3 N–H and O–H groups in total. The molecule has 1 atom stereocenters. The molecule has 0 unspecified atom stereocenters. The summed E-state index contributed by atoms with van der Waals surface area (Å²) in [5.41, 5.74) is 5.36. The second-order valence-electron chi connectivity index (χ2n) is 11.9. The van der Waals surface area contributed by atoms with Gasteiger partial charge in [-0.15, -0.1) is 0 Å². The first kappa shape index (κ1) is 36.9. The molecule has 0 aliphatic carbocycles. The minimum atomic E-state index is -0.0582. The fraction of sp³-hybridized carbons (Fsp3) is 0.447. The number of nitrogens with zero attached hydrogens (tertiary/aromatic N) is 2. The highest BCUT2D eigenvalue weighted by Gasteiger charge is 2.16. The third kappa shape index (κ3) is 11.1. The number of methoxy groups -OCH3 is 1. The Morgan fingerprint density at radius 3 is 2.36 bits per heavy atom. The van der Waals surface area contributed by atoms with Crippen LogP contribution < -0.4 is 25.4 Å². The number of fused-ring (bicyclic) bond motifs is 5. The summed E-state index contributed by atoms with van der Waals surface area (Å²) >= 11 is 0. The van der Waals surface area contributed by atoms with Gasteiger partial charge in [-0.2, -0.15) is 0 Å². The van der Waals surface area contributed by atoms with E-state index in [2.05, 4.69) is 76.4 Å². The molecule has 1 aliphatic rings. The van der Waals surface area contributed by atoms with E-state index in [1.807, 2.05) is 19.1 Å². The molecule has 1 aromatic heterocycles. The van der Waals surface area contributed by atoms with Gasteiger partial charge in [0.2, 0.25) is 5.91 Å². The molecule has 1 amide bonds. The smallest absolute Gasteiger partial charge is 0.222 e. The zero-order valence-electron chi connectivity index (χ0n) is 29.3. The largest absolute Gasteiger partial charge is 0.493 e. The molecule has 0 fully saturated rings. The number of hydrogen-bond acceptors (Lipinski definition) is 11. The Morgan fingerprint density at radius 1 is 0.800 bits per heavy atom. The van der Waals surface area contributed by atoms with Gasteiger partial charge in [0.15, 0.2) is 11.5 Å². The van der Waals surface area contributed by atoms with Crippen molar-refractivity contribution in [3.05, 3.63) is 77.6 Å². The van der Waals surface area contributed by atoms with Crippen LogP contribution in [-0.2, 0) is 30.3 Å². The van der Waals surface area contributed by atoms with E-state index in [0.717, 1.165) is 27.6 Å². The van der Waals surface area contributed by atoms with Gasteiger partial charge in [0.1, 0.15) is 18.2 Å². The molecule has 0 saturated carbocycles. The summed E-state index contributed by atoms with van der Waals surface area (Å²) in [6.07, 6.45) is 0.307. The molecule has 0 radical (unpaired) electrons. The van der Waals surface area contributed by atoms with Crippen molar-refractivity contribution in [2.75, 3.05) is 85.0 Å². The molecule has 12 heteroatoms. The Hall–Kier alpha value is -4.33. The molecule has 5 rings (SSSR count). The zero-order chi connectivity index (χ0) is 35.0. The minimum absolute atomic E-state index is 0.0559. The predicted octanol–water partition coefficient (Wildman–Crippen LogP) is 4.84. The molecule has 50 heavy (non-hydrogen) atoms. The second-order valence-corrected chi connectivity index (χ2v) is 11.9. The van der Waals surface area contributed by atoms with Crippen LogP contribution in [0.5, 0.6) is 11.5 Å². The molecular formula is C38H49N5O7. The molecule has 4 aromatic rings. The molecule has 4 bridgehead atoms. The Bertz CT molecular complexity index is 1670. The molecule has 1 aliphatic heterocycles. The summed E-state index contributed by atoms with van der Waals surface area (Å²) in [6, 6.07) is 20.7. The number of rotatable bonds is 1. The third-order valence-electron chi connectivity index (χ3n) is 8.17. The van der Waals surface area contributed by atoms with E-state index in [1.54, 1.807) is 7.11 Å². The maximum absolute atomic E-state index is 12.1. The first-order valence-corrected chi connectivity index (χ1v) is 17.2. The van der Waals surface area contributed by atoms with Crippen LogP contribution >= 0.6 is 0 Å². The number of ether oxygens (including phenoxy) is 6. The fourth-order valence-corrected chi connectivity index (χ4v) is 5.59. The second kappa shape index (κ2) is 19.8. The highest BCUT2D eigenvalue weighted by atomic mass is 16.6. The number of carbonyl (C=O) groups is 1. The minimum Gasteiger partial charge on any atom is -0.493 e. The van der Waals surface area contributed by atoms with Gasteiger partial charge in [0.05, 0.1) is 65.5 Å². The molecule has 3 aromatic carbocycles. The average Bonchev–Trinajstić information content (AvgIpc) is 3.12. The highest BCUT2D eigenvalue weighted by molar-refractivity contribution is 5.92. The number of aromatic nitrogens is 2. The Balaban J connectivity index is 1.32. The number of amides is 1. The van der Waals surface area contributed by atoms with Crippen LogP contribution in [0, 0.1) is 6.92 Å². The van der Waals surface area contributed by atoms with Crippen LogP contribution in [0.1, 0.15) is 36.3 Å². The lowest BCUT2D eigenvalue weighted by Crippen LogP contribution is -2.29. The number of nitrogens with one attached hydrogen (secondary N) is 3. The average molecular weight is 688 g/mol. The number of anilines is 1. The zero-order valence-corrected chi connectivity index (χ0v) is 29.3. The standard InChI is InChI=1S/C38H49N5O7/c1-27-29-8-6-9-30(23-29)32-10-5-4-7-31(32)26-39-12-15-46-14-11-37(44)40-13-16-47-17-18-48-19-20-49-21-22-50-36-24-33-34(25-35(36)45-3)42-28(2)43-38(33)41-27/h4-10,23-25,27,39H,11-22,26H2,1-3H3,(H,40,44)(H,41,42,43)/t27-/m1/s1. The summed E-state index contributed by atoms with van der Waals surface area (Å²) in [5.74, 6) is 2.48. The number of hydrogen-bond donors (Lipinski definition) is 3. The SMILES string of the molecule is COc1cc2nc(C)nc3c2cc1OCCOCCOCCOCCNC(=O)CCOCCNCc1ccccc1-c1cccc(c1)[C@@H](C)N3. The maximum atomic E-state index is 12.1. The lowest BCUT2D eigenvalue weighted by molar-refractivity contribution is -0.122. The number of benzene rings is 3. The maximum Gasteiger partial charge on any atom is 0.222 e. The quantitative estimate of drug-likeness (QED) is 0.254. The first-order chi connectivity index (χ1) is 24.5. The summed E-state index contributed by atoms with van der Waals surface area (Å²) in [5, 5.41) is 10.8. The van der Waals surface area contributed by atoms with Gasteiger partial charge in [-0.3, -0.25) is 4.79 Å². The molecule has 268 valence electrons. The number of aryl methyl sites for hydroxylation is 1. The predicted molar refractivity (Wildman–Crippen MR) is 193 cm³/mol. The van der Waals surface area contributed by atoms with Crippen molar-refractivity contribution in [1.82, 2.24) is 20.6 Å². The van der Waals surface area contributed by atoms with E-state index in [-0.39, 0.29) is 11.9 Å². The van der Waals surface area contributed by atoms with E-state index in [4.69, 9.17) is 33.4 Å². The lowest BCUT2D eigenvalue weighted by Gasteiger charge is -2.19. The molecular weight excluding hydrogens is 638 g/mol. The van der Waals surface area contributed by atoms with Crippen molar-refractivity contribution in [3.8, 4) is 22.6 Å². The fourth-order valence-electron chi connectivity index (χ4n) is 5.59. The Labute approximate surface area is 294 Å². The van der Waals surface area contributed by atoms with E-state index >= 15 is 0 Å². The molecule has 2 heterocycles. The van der Waals surface area contributed by atoms with Gasteiger partial charge in [-0.25, -0.2) is 9.97 Å². The Morgan fingerprint density at radius 2 is 1.54 bits per heavy atom. The van der Waals surface area contributed by atoms with E-state index in [1.165, 1.54) is 5.56 Å². The van der Waals surface area contributed by atoms with Crippen LogP contribution in [0.15, 0.2) is 60.7 Å². The van der Waals surface area contributed by atoms with Crippen molar-refractivity contribution in [1.29, 1.82) is 0 Å². The normalized spacial score (nSPS) is 18.4. The van der Waals surface area contributed by atoms with Crippen molar-refractivity contribution < 1.29 is 33.2 Å². The van der Waals surface area contributed by atoms with E-state index in [9.17, 15) is 4.79 Å². The number of carbonyl (C=O) groups excluding carboxylic acids is 1. The highest BCUT2D eigenvalue weighted by Crippen LogP contribution is 2.36. The van der Waals surface area contributed by atoms with Gasteiger partial charge >= 0.3 is 0 Å². The van der Waals surface area contributed by atoms with Gasteiger partial charge in [-0.05, 0) is 48.2 Å². The van der Waals surface area contributed by atoms with Crippen LogP contribution in [0.25, 0.3) is 22.0 Å². The summed E-state index contributed by atoms with van der Waals surface area (Å²) in [4.78, 5) is 21.6. The van der Waals surface area contributed by atoms with Crippen LogP contribution in [0.4, 0.5) is 5.82 Å². The first-order valence-electron chi connectivity index (χ1n) is 17.2. The van der Waals surface area contributed by atoms with Crippen molar-refractivity contribution in [3.63, 3.8) is 0 Å². The van der Waals surface area contributed by atoms with Gasteiger partial charge in [0.25, 0.3) is 0 Å². The molecule has 0 spiro atoms. The van der Waals surface area contributed by atoms with Crippen LogP contribution in [-0.4, -0.2) is 95.5 Å². The van der Waals surface area contributed by atoms with Crippen molar-refractivity contribution >= 4 is 22.6 Å². The molecule has 0 saturated heterocycles. The van der Waals surface area contributed by atoms with Crippen LogP contribution in [0.2, 0.25) is 0 Å². The topological polar surface area (TPSA) is 134 Å². The van der Waals surface area contributed by atoms with Gasteiger partial charge < -0.3 is 44.4 Å².